The highest BCUT2D eigenvalue weighted by atomic mass is 16.3. The zero-order chi connectivity index (χ0) is 13.1. The summed E-state index contributed by atoms with van der Waals surface area (Å²) in [5, 5.41) is 16.6. The molecular weight excluding hydrogens is 232 g/mol. The van der Waals surface area contributed by atoms with Gasteiger partial charge in [0, 0.05) is 26.2 Å². The Morgan fingerprint density at radius 1 is 1.67 bits per heavy atom. The van der Waals surface area contributed by atoms with E-state index in [1.54, 1.807) is 9.58 Å². The summed E-state index contributed by atoms with van der Waals surface area (Å²) >= 11 is 0. The summed E-state index contributed by atoms with van der Waals surface area (Å²) in [6.45, 7) is 3.11. The average Bonchev–Trinajstić information content (AvgIpc) is 2.87. The highest BCUT2D eigenvalue weighted by Gasteiger charge is 2.25. The van der Waals surface area contributed by atoms with E-state index in [0.29, 0.717) is 25.3 Å². The number of nitrogens with zero attached hydrogens (tertiary/aromatic N) is 3. The first-order chi connectivity index (χ1) is 8.60. The van der Waals surface area contributed by atoms with Crippen LogP contribution in [0, 0.1) is 0 Å². The van der Waals surface area contributed by atoms with Crippen LogP contribution in [0.3, 0.4) is 0 Å². The molecule has 0 spiro atoms. The first-order valence-corrected chi connectivity index (χ1v) is 6.37. The van der Waals surface area contributed by atoms with Gasteiger partial charge in [0.05, 0.1) is 11.8 Å². The number of nitrogens with one attached hydrogen (secondary N) is 1. The van der Waals surface area contributed by atoms with Crippen molar-refractivity contribution in [2.45, 2.75) is 32.3 Å². The van der Waals surface area contributed by atoms with E-state index in [4.69, 9.17) is 0 Å². The first-order valence-electron chi connectivity index (χ1n) is 6.37. The fraction of sp³-hybridized carbons (Fsp3) is 0.667. The summed E-state index contributed by atoms with van der Waals surface area (Å²) in [5.74, 6) is 0.699. The van der Waals surface area contributed by atoms with Crippen molar-refractivity contribution in [3.8, 4) is 0 Å². The molecule has 1 aromatic rings. The molecule has 100 valence electrons. The lowest BCUT2D eigenvalue weighted by Gasteiger charge is -2.16. The molecule has 2 N–H and O–H groups in total. The van der Waals surface area contributed by atoms with Crippen molar-refractivity contribution in [2.24, 2.45) is 7.05 Å². The number of hydrogen-bond acceptors (Lipinski definition) is 3. The van der Waals surface area contributed by atoms with E-state index >= 15 is 0 Å². The molecule has 1 fully saturated rings. The van der Waals surface area contributed by atoms with Crippen LogP contribution < -0.4 is 5.32 Å². The highest BCUT2D eigenvalue weighted by molar-refractivity contribution is 5.88. The molecule has 0 radical (unpaired) electrons. The Kier molecular flexibility index (Phi) is 3.86. The number of amides is 2. The zero-order valence-electron chi connectivity index (χ0n) is 10.9. The van der Waals surface area contributed by atoms with E-state index in [0.717, 1.165) is 18.5 Å². The van der Waals surface area contributed by atoms with Crippen LogP contribution in [-0.4, -0.2) is 45.0 Å². The minimum absolute atomic E-state index is 0.169. The van der Waals surface area contributed by atoms with Gasteiger partial charge in [0.2, 0.25) is 0 Å². The number of carbonyl (C=O) groups excluding carboxylic acids is 1. The molecule has 1 atom stereocenters. The van der Waals surface area contributed by atoms with Crippen molar-refractivity contribution in [1.82, 2.24) is 14.7 Å². The second kappa shape index (κ2) is 5.39. The Bertz CT molecular complexity index is 430. The van der Waals surface area contributed by atoms with Gasteiger partial charge < -0.3 is 10.0 Å². The molecule has 1 aliphatic rings. The van der Waals surface area contributed by atoms with Crippen molar-refractivity contribution in [3.63, 3.8) is 0 Å². The molecule has 0 unspecified atom stereocenters. The number of hydrogen-bond donors (Lipinski definition) is 2. The third-order valence-electron chi connectivity index (χ3n) is 3.12. The Labute approximate surface area is 107 Å². The van der Waals surface area contributed by atoms with Crippen molar-refractivity contribution in [2.75, 3.05) is 18.4 Å². The lowest BCUT2D eigenvalue weighted by atomic mass is 10.2. The van der Waals surface area contributed by atoms with Crippen LogP contribution in [0.25, 0.3) is 0 Å². The number of carbonyl (C=O) groups is 1. The molecular formula is C12H20N4O2. The number of likely N-dealkylation sites (tertiary alicyclic amines) is 1. The number of aromatic nitrogens is 2. The number of aliphatic hydroxyl groups is 1. The molecule has 2 heterocycles. The largest absolute Gasteiger partial charge is 0.391 e. The summed E-state index contributed by atoms with van der Waals surface area (Å²) in [6.07, 6.45) is 2.20. The maximum atomic E-state index is 11.9. The van der Waals surface area contributed by atoms with Gasteiger partial charge in [-0.3, -0.25) is 10.00 Å². The molecule has 0 aromatic carbocycles. The topological polar surface area (TPSA) is 70.4 Å². The van der Waals surface area contributed by atoms with Gasteiger partial charge in [0.25, 0.3) is 0 Å². The maximum absolute atomic E-state index is 11.9. The Hall–Kier alpha value is -1.56. The number of aryl methyl sites for hydroxylation is 2. The second-order valence-corrected chi connectivity index (χ2v) is 4.71. The van der Waals surface area contributed by atoms with E-state index in [-0.39, 0.29) is 6.03 Å². The lowest BCUT2D eigenvalue weighted by molar-refractivity contribution is 0.176. The summed E-state index contributed by atoms with van der Waals surface area (Å²) in [6, 6.07) is 1.73. The molecule has 1 aliphatic heterocycles. The minimum Gasteiger partial charge on any atom is -0.391 e. The first kappa shape index (κ1) is 12.9. The maximum Gasteiger partial charge on any atom is 0.323 e. The summed E-state index contributed by atoms with van der Waals surface area (Å²) in [7, 11) is 1.81. The smallest absolute Gasteiger partial charge is 0.323 e. The van der Waals surface area contributed by atoms with E-state index in [9.17, 15) is 9.90 Å². The minimum atomic E-state index is -0.391. The Balaban J connectivity index is 1.98. The monoisotopic (exact) mass is 252 g/mol. The zero-order valence-corrected chi connectivity index (χ0v) is 10.9. The molecule has 1 saturated heterocycles. The van der Waals surface area contributed by atoms with Gasteiger partial charge in [-0.2, -0.15) is 5.10 Å². The van der Waals surface area contributed by atoms with Gasteiger partial charge in [-0.25, -0.2) is 4.79 Å². The highest BCUT2D eigenvalue weighted by Crippen LogP contribution is 2.14. The normalized spacial score (nSPS) is 19.3. The van der Waals surface area contributed by atoms with E-state index < -0.39 is 6.10 Å². The van der Waals surface area contributed by atoms with Gasteiger partial charge in [-0.15, -0.1) is 0 Å². The van der Waals surface area contributed by atoms with Crippen LogP contribution in [0.2, 0.25) is 0 Å². The quantitative estimate of drug-likeness (QED) is 0.842. The molecule has 6 nitrogen and oxygen atoms in total. The fourth-order valence-corrected chi connectivity index (χ4v) is 2.14. The number of rotatable bonds is 3. The van der Waals surface area contributed by atoms with Crippen molar-refractivity contribution in [3.05, 3.63) is 11.8 Å². The van der Waals surface area contributed by atoms with Crippen molar-refractivity contribution in [1.29, 1.82) is 0 Å². The molecule has 2 amide bonds. The molecule has 0 saturated carbocycles. The van der Waals surface area contributed by atoms with Gasteiger partial charge in [-0.05, 0) is 12.8 Å². The van der Waals surface area contributed by atoms with Gasteiger partial charge in [0.15, 0.2) is 0 Å². The predicted octanol–water partition coefficient (Wildman–Crippen LogP) is 0.971. The fourth-order valence-electron chi connectivity index (χ4n) is 2.14. The standard InChI is InChI=1S/C12H20N4O2/c1-3-4-9-7-11(15(2)14-9)13-12(18)16-6-5-10(17)8-16/h7,10,17H,3-6,8H2,1-2H3,(H,13,18)/t10-/m1/s1. The second-order valence-electron chi connectivity index (χ2n) is 4.71. The summed E-state index contributed by atoms with van der Waals surface area (Å²) in [4.78, 5) is 13.6. The van der Waals surface area contributed by atoms with Crippen molar-refractivity contribution >= 4 is 11.8 Å². The third-order valence-corrected chi connectivity index (χ3v) is 3.12. The van der Waals surface area contributed by atoms with Crippen molar-refractivity contribution < 1.29 is 9.90 Å². The van der Waals surface area contributed by atoms with E-state index in [2.05, 4.69) is 17.3 Å². The summed E-state index contributed by atoms with van der Waals surface area (Å²) < 4.78 is 1.68. The SMILES string of the molecule is CCCc1cc(NC(=O)N2CC[C@@H](O)C2)n(C)n1. The number of β-amino-alcohol motifs (C(OH)–C–C–N with tert-alkyl or cyclic N) is 1. The summed E-state index contributed by atoms with van der Waals surface area (Å²) in [5.41, 5.74) is 0.983. The molecule has 1 aromatic heterocycles. The third kappa shape index (κ3) is 2.81. The number of urea groups is 1. The number of aliphatic hydroxyl groups excluding tert-OH is 1. The molecule has 2 rings (SSSR count). The van der Waals surface area contributed by atoms with Crippen LogP contribution in [-0.2, 0) is 13.5 Å². The van der Waals surface area contributed by atoms with Crippen LogP contribution in [0.1, 0.15) is 25.5 Å². The van der Waals surface area contributed by atoms with E-state index in [1.165, 1.54) is 0 Å². The van der Waals surface area contributed by atoms with Crippen LogP contribution in [0.5, 0.6) is 0 Å². The molecule has 6 heteroatoms. The van der Waals surface area contributed by atoms with Crippen LogP contribution in [0.4, 0.5) is 10.6 Å². The van der Waals surface area contributed by atoms with Crippen LogP contribution in [0.15, 0.2) is 6.07 Å². The van der Waals surface area contributed by atoms with Gasteiger partial charge >= 0.3 is 6.03 Å². The van der Waals surface area contributed by atoms with Crippen LogP contribution >= 0.6 is 0 Å². The lowest BCUT2D eigenvalue weighted by Crippen LogP contribution is -2.34. The van der Waals surface area contributed by atoms with E-state index in [1.807, 2.05) is 13.1 Å². The van der Waals surface area contributed by atoms with Gasteiger partial charge in [-0.1, -0.05) is 13.3 Å². The molecule has 0 aliphatic carbocycles. The Morgan fingerprint density at radius 3 is 3.06 bits per heavy atom. The predicted molar refractivity (Wildman–Crippen MR) is 68.4 cm³/mol. The molecule has 0 bridgehead atoms. The number of anilines is 1. The molecule has 18 heavy (non-hydrogen) atoms. The van der Waals surface area contributed by atoms with Gasteiger partial charge in [0.1, 0.15) is 5.82 Å². The Morgan fingerprint density at radius 2 is 2.44 bits per heavy atom. The average molecular weight is 252 g/mol.